The van der Waals surface area contributed by atoms with E-state index in [2.05, 4.69) is 102 Å². The lowest BCUT2D eigenvalue weighted by Crippen LogP contribution is -2.76. The van der Waals surface area contributed by atoms with Gasteiger partial charge in [0, 0.05) is 28.6 Å². The Kier molecular flexibility index (Phi) is 15.4. The second kappa shape index (κ2) is 18.1. The number of nitrogens with one attached hydrogen (secondary N) is 1. The third-order valence-corrected chi connectivity index (χ3v) is 26.0. The van der Waals surface area contributed by atoms with Crippen LogP contribution in [0.1, 0.15) is 144 Å². The number of amides is 1. The summed E-state index contributed by atoms with van der Waals surface area (Å²) < 4.78 is 33.3. The van der Waals surface area contributed by atoms with Crippen LogP contribution in [0.15, 0.2) is 11.1 Å². The van der Waals surface area contributed by atoms with Crippen molar-refractivity contribution in [3.63, 3.8) is 0 Å². The molecular weight excluding hydrogens is 779 g/mol. The number of alkyl carbamates (subject to hydrolysis) is 1. The summed E-state index contributed by atoms with van der Waals surface area (Å²) in [6, 6.07) is 4.74. The predicted octanol–water partition coefficient (Wildman–Crippen LogP) is 10.2. The van der Waals surface area contributed by atoms with E-state index in [0.717, 1.165) is 53.8 Å². The molecule has 0 spiro atoms. The minimum absolute atomic E-state index is 0.0405. The highest BCUT2D eigenvalue weighted by Crippen LogP contribution is 2.69. The summed E-state index contributed by atoms with van der Waals surface area (Å²) in [5.41, 5.74) is -1.99. The van der Waals surface area contributed by atoms with E-state index in [0.29, 0.717) is 13.0 Å². The van der Waals surface area contributed by atoms with Crippen LogP contribution in [0.25, 0.3) is 0 Å². The fourth-order valence-electron chi connectivity index (χ4n) is 12.8. The Bertz CT molecular complexity index is 1500. The molecule has 3 unspecified atom stereocenters. The molecule has 12 heteroatoms. The van der Waals surface area contributed by atoms with E-state index in [-0.39, 0.29) is 47.7 Å². The van der Waals surface area contributed by atoms with Gasteiger partial charge in [-0.25, -0.2) is 9.59 Å². The maximum atomic E-state index is 15.0. The second-order valence-corrected chi connectivity index (χ2v) is 31.1. The van der Waals surface area contributed by atoms with Crippen LogP contribution in [0, 0.1) is 39.9 Å². The molecule has 12 atom stereocenters. The molecule has 0 aromatic rings. The summed E-state index contributed by atoms with van der Waals surface area (Å²) >= 11 is 0. The van der Waals surface area contributed by atoms with E-state index in [9.17, 15) is 15.0 Å². The van der Waals surface area contributed by atoms with Gasteiger partial charge < -0.3 is 38.6 Å². The molecule has 1 amide bonds. The number of esters is 1. The van der Waals surface area contributed by atoms with Crippen molar-refractivity contribution in [3.05, 3.63) is 11.1 Å². The Morgan fingerprint density at radius 2 is 1.47 bits per heavy atom. The fourth-order valence-corrected chi connectivity index (χ4v) is 18.5. The van der Waals surface area contributed by atoms with Crippen molar-refractivity contribution in [2.75, 3.05) is 6.61 Å². The molecule has 4 aliphatic rings. The topological polar surface area (TPSA) is 133 Å². The summed E-state index contributed by atoms with van der Waals surface area (Å²) in [5.74, 6) is -1.27. The lowest BCUT2D eigenvalue weighted by Gasteiger charge is -2.71. The molecule has 2 bridgehead atoms. The van der Waals surface area contributed by atoms with Crippen molar-refractivity contribution >= 4 is 28.7 Å². The van der Waals surface area contributed by atoms with Gasteiger partial charge in [-0.15, -0.1) is 0 Å². The number of hydrogen-bond donors (Lipinski definition) is 3. The highest BCUT2D eigenvalue weighted by atomic mass is 28.4. The van der Waals surface area contributed by atoms with E-state index >= 15 is 4.79 Å². The van der Waals surface area contributed by atoms with Gasteiger partial charge in [-0.3, -0.25) is 0 Å². The Labute approximate surface area is 361 Å². The molecule has 3 N–H and O–H groups in total. The number of aliphatic hydroxyl groups excluding tert-OH is 1. The van der Waals surface area contributed by atoms with E-state index in [1.54, 1.807) is 0 Å². The first-order chi connectivity index (χ1) is 27.2. The molecule has 0 aromatic heterocycles. The van der Waals surface area contributed by atoms with Gasteiger partial charge in [0.1, 0.15) is 11.7 Å². The Morgan fingerprint density at radius 3 is 1.93 bits per heavy atom. The lowest BCUT2D eigenvalue weighted by atomic mass is 9.39. The monoisotopic (exact) mass is 866 g/mol. The molecule has 0 radical (unpaired) electrons. The van der Waals surface area contributed by atoms with Gasteiger partial charge in [-0.1, -0.05) is 103 Å². The Morgan fingerprint density at radius 1 is 0.932 bits per heavy atom. The smallest absolute Gasteiger partial charge is 0.407 e. The number of fused-ring (bicyclic) bond motifs is 5. The number of aliphatic hydroxyl groups is 2. The molecule has 1 saturated heterocycles. The minimum atomic E-state index is -2.43. The first-order valence-electron chi connectivity index (χ1n) is 23.5. The van der Waals surface area contributed by atoms with Crippen molar-refractivity contribution in [3.8, 4) is 0 Å². The summed E-state index contributed by atoms with van der Waals surface area (Å²) in [7, 11) is -4.55. The summed E-state index contributed by atoms with van der Waals surface area (Å²) in [4.78, 5) is 28.4. The Balaban J connectivity index is 1.88. The van der Waals surface area contributed by atoms with Crippen LogP contribution < -0.4 is 5.32 Å². The van der Waals surface area contributed by atoms with Crippen molar-refractivity contribution in [2.45, 2.75) is 228 Å². The van der Waals surface area contributed by atoms with Crippen LogP contribution >= 0.6 is 0 Å². The molecule has 2 saturated carbocycles. The van der Waals surface area contributed by atoms with Gasteiger partial charge in [0.25, 0.3) is 0 Å². The van der Waals surface area contributed by atoms with Crippen molar-refractivity contribution in [2.24, 2.45) is 39.9 Å². The molecule has 1 aliphatic heterocycles. The SMILES string of the molecule is CC[Si](CC)(CC)OC(C(=O)OC1C[C@@]2(O)[C@@H](C)[C@@H]3[C@]4(C)CO[C@@H]4CC(O[Si](CC)(CC)CC)[C@@]3(C)[C@@H](O)[C@@H](C)C(=C1C)C2(C)C)[C@H](CC(C)C)NC(=O)OC(C)(C)C. The summed E-state index contributed by atoms with van der Waals surface area (Å²) in [5, 5.41) is 29.8. The Hall–Kier alpha value is -1.29. The van der Waals surface area contributed by atoms with E-state index < -0.39 is 75.1 Å². The number of rotatable bonds is 16. The first kappa shape index (κ1) is 50.4. The number of carbonyl (C=O) groups is 2. The van der Waals surface area contributed by atoms with Crippen LogP contribution in [-0.4, -0.2) is 93.3 Å². The molecule has 342 valence electrons. The van der Waals surface area contributed by atoms with Gasteiger partial charge in [0.2, 0.25) is 0 Å². The predicted molar refractivity (Wildman–Crippen MR) is 241 cm³/mol. The fraction of sp³-hybridized carbons (Fsp3) is 0.915. The number of carbonyl (C=O) groups excluding carboxylic acids is 2. The van der Waals surface area contributed by atoms with Gasteiger partial charge in [0.15, 0.2) is 22.7 Å². The average Bonchev–Trinajstić information content (AvgIpc) is 3.15. The molecule has 59 heavy (non-hydrogen) atoms. The van der Waals surface area contributed by atoms with Crippen LogP contribution in [-0.2, 0) is 27.9 Å². The third-order valence-electron chi connectivity index (χ3n) is 16.7. The van der Waals surface area contributed by atoms with Gasteiger partial charge in [0.05, 0.1) is 36.6 Å². The van der Waals surface area contributed by atoms with E-state index in [1.807, 2.05) is 27.7 Å². The van der Waals surface area contributed by atoms with Crippen molar-refractivity contribution < 1.29 is 42.9 Å². The number of hydrogen-bond acceptors (Lipinski definition) is 9. The van der Waals surface area contributed by atoms with Crippen LogP contribution in [0.2, 0.25) is 36.3 Å². The quantitative estimate of drug-likeness (QED) is 0.0788. The minimum Gasteiger partial charge on any atom is -0.456 e. The van der Waals surface area contributed by atoms with Crippen molar-refractivity contribution in [1.82, 2.24) is 5.32 Å². The van der Waals surface area contributed by atoms with Gasteiger partial charge >= 0.3 is 12.1 Å². The molecule has 1 heterocycles. The first-order valence-corrected chi connectivity index (χ1v) is 28.5. The van der Waals surface area contributed by atoms with Gasteiger partial charge in [-0.2, -0.15) is 0 Å². The van der Waals surface area contributed by atoms with Crippen molar-refractivity contribution in [1.29, 1.82) is 0 Å². The zero-order valence-corrected chi connectivity index (χ0v) is 42.6. The molecule has 3 fully saturated rings. The normalized spacial score (nSPS) is 35.7. The zero-order valence-electron chi connectivity index (χ0n) is 40.6. The second-order valence-electron chi connectivity index (χ2n) is 21.7. The maximum Gasteiger partial charge on any atom is 0.407 e. The van der Waals surface area contributed by atoms with Crippen LogP contribution in [0.4, 0.5) is 4.79 Å². The molecule has 3 aliphatic carbocycles. The zero-order chi connectivity index (χ0) is 44.9. The van der Waals surface area contributed by atoms with E-state index in [1.165, 1.54) is 0 Å². The standard InChI is InChI=1S/C47H87NO9Si2/c1-19-58(20-2,21-3)56-36-26-35-45(17,28-53-35)39-32(11)47(52)27-34(30(9)37(44(47,15)16)31(10)40(49)46(36,39)18)54-41(50)38(57-59(22-4,23-5)24-6)33(25-29(7)8)48-42(51)55-43(12,13)14/h29,31-36,38-40,49,52H,19-28H2,1-18H3,(H,48,51)/t31-,32-,33-,34?,35+,36?,38?,39+,40-,45+,46+,47+/m0/s1. The molecule has 0 aromatic carbocycles. The summed E-state index contributed by atoms with van der Waals surface area (Å²) in [6.45, 7) is 38.3. The molecule has 4 rings (SSSR count). The highest BCUT2D eigenvalue weighted by Gasteiger charge is 2.73. The maximum absolute atomic E-state index is 15.0. The van der Waals surface area contributed by atoms with Gasteiger partial charge in [-0.05, 0) is 100 Å². The third kappa shape index (κ3) is 8.95. The van der Waals surface area contributed by atoms with E-state index in [4.69, 9.17) is 23.1 Å². The molecular formula is C47H87NO9Si2. The molecule has 10 nitrogen and oxygen atoms in total. The van der Waals surface area contributed by atoms with Crippen LogP contribution in [0.3, 0.4) is 0 Å². The lowest BCUT2D eigenvalue weighted by molar-refractivity contribution is -0.323. The van der Waals surface area contributed by atoms with Crippen LogP contribution in [0.5, 0.6) is 0 Å². The highest BCUT2D eigenvalue weighted by molar-refractivity contribution is 6.74. The average molecular weight is 866 g/mol. The largest absolute Gasteiger partial charge is 0.456 e. The summed E-state index contributed by atoms with van der Waals surface area (Å²) in [6.07, 6.45) is -2.12. The number of ether oxygens (including phenoxy) is 3.